The Morgan fingerprint density at radius 1 is 1.26 bits per heavy atom. The van der Waals surface area contributed by atoms with Crippen molar-refractivity contribution in [2.24, 2.45) is 0 Å². The number of rotatable bonds is 6. The predicted octanol–water partition coefficient (Wildman–Crippen LogP) is 2.19. The fourth-order valence-electron chi connectivity index (χ4n) is 4.57. The first-order chi connectivity index (χ1) is 16.7. The molecule has 0 unspecified atom stereocenters. The zero-order valence-corrected chi connectivity index (χ0v) is 19.0. The van der Waals surface area contributed by atoms with E-state index in [4.69, 9.17) is 4.74 Å². The van der Waals surface area contributed by atoms with E-state index < -0.39 is 23.8 Å². The molecule has 0 saturated carbocycles. The number of ether oxygens (including phenoxy) is 1. The molecule has 186 valence electrons. The second-order valence-electron chi connectivity index (χ2n) is 9.10. The van der Waals surface area contributed by atoms with Crippen LogP contribution in [0.4, 0.5) is 24.5 Å². The highest BCUT2D eigenvalue weighted by molar-refractivity contribution is 6.09. The number of aliphatic hydroxyl groups excluding tert-OH is 1. The highest BCUT2D eigenvalue weighted by Gasteiger charge is 2.36. The molecule has 1 fully saturated rings. The van der Waals surface area contributed by atoms with Crippen LogP contribution in [0, 0.1) is 5.82 Å². The summed E-state index contributed by atoms with van der Waals surface area (Å²) in [4.78, 5) is 20.9. The van der Waals surface area contributed by atoms with Crippen molar-refractivity contribution in [3.63, 3.8) is 0 Å². The third-order valence-electron chi connectivity index (χ3n) is 6.36. The highest BCUT2D eigenvalue weighted by atomic mass is 19.3. The molecule has 0 bridgehead atoms. The number of nitrogens with one attached hydrogen (secondary N) is 1. The van der Waals surface area contributed by atoms with Gasteiger partial charge in [0, 0.05) is 44.2 Å². The van der Waals surface area contributed by atoms with Gasteiger partial charge in [0.05, 0.1) is 43.1 Å². The number of nitrogens with zero attached hydrogens (tertiary/aromatic N) is 5. The van der Waals surface area contributed by atoms with Gasteiger partial charge >= 0.3 is 0 Å². The lowest BCUT2D eigenvalue weighted by Gasteiger charge is -2.37. The van der Waals surface area contributed by atoms with Gasteiger partial charge < -0.3 is 20.1 Å². The lowest BCUT2D eigenvalue weighted by atomic mass is 9.99. The second-order valence-corrected chi connectivity index (χ2v) is 9.10. The minimum Gasteiger partial charge on any atom is -0.484 e. The van der Waals surface area contributed by atoms with Gasteiger partial charge in [0.15, 0.2) is 11.5 Å². The van der Waals surface area contributed by atoms with Gasteiger partial charge in [-0.2, -0.15) is 5.10 Å². The number of aromatic nitrogens is 3. The quantitative estimate of drug-likeness (QED) is 0.547. The number of benzene rings is 1. The maximum absolute atomic E-state index is 13.5. The van der Waals surface area contributed by atoms with Crippen molar-refractivity contribution in [2.45, 2.75) is 25.4 Å². The summed E-state index contributed by atoms with van der Waals surface area (Å²) in [6, 6.07) is 3.63. The van der Waals surface area contributed by atoms with Crippen molar-refractivity contribution in [2.75, 3.05) is 49.5 Å². The van der Waals surface area contributed by atoms with Gasteiger partial charge in [-0.25, -0.2) is 22.7 Å². The number of alkyl halides is 2. The molecule has 0 aliphatic carbocycles. The van der Waals surface area contributed by atoms with Crippen molar-refractivity contribution < 1.29 is 27.8 Å². The van der Waals surface area contributed by atoms with E-state index in [-0.39, 0.29) is 24.4 Å². The number of aliphatic hydroxyl groups is 1. The molecule has 2 aliphatic heterocycles. The second kappa shape index (κ2) is 9.00. The van der Waals surface area contributed by atoms with E-state index in [0.29, 0.717) is 49.7 Å². The minimum absolute atomic E-state index is 0.171. The van der Waals surface area contributed by atoms with Gasteiger partial charge in [-0.1, -0.05) is 0 Å². The Labute approximate surface area is 199 Å². The third kappa shape index (κ3) is 4.63. The monoisotopic (exact) mass is 490 g/mol. The molecule has 35 heavy (non-hydrogen) atoms. The molecular formula is C23H25F3N6O3. The first-order valence-corrected chi connectivity index (χ1v) is 11.3. The van der Waals surface area contributed by atoms with Crippen molar-refractivity contribution in [3.05, 3.63) is 47.7 Å². The van der Waals surface area contributed by atoms with E-state index in [9.17, 15) is 23.1 Å². The number of halogens is 3. The average Bonchev–Trinajstić information content (AvgIpc) is 3.38. The molecule has 0 spiro atoms. The number of carbonyl (C=O) groups excluding carboxylic acids is 1. The molecule has 3 aromatic rings. The molecule has 2 aliphatic rings. The molecule has 1 atom stereocenters. The topological polar surface area (TPSA) is 95.2 Å². The molecule has 1 amide bonds. The molecular weight excluding hydrogens is 465 g/mol. The first-order valence-electron chi connectivity index (χ1n) is 11.3. The lowest BCUT2D eigenvalue weighted by Crippen LogP contribution is -2.48. The van der Waals surface area contributed by atoms with Crippen LogP contribution in [0.15, 0.2) is 30.7 Å². The zero-order valence-electron chi connectivity index (χ0n) is 19.0. The minimum atomic E-state index is -2.39. The first kappa shape index (κ1) is 23.4. The largest absolute Gasteiger partial charge is 0.484 e. The molecule has 0 radical (unpaired) electrons. The number of anilines is 2. The molecule has 2 N–H and O–H groups in total. The van der Waals surface area contributed by atoms with Gasteiger partial charge in [-0.15, -0.1) is 0 Å². The molecule has 2 aromatic heterocycles. The highest BCUT2D eigenvalue weighted by Crippen LogP contribution is 2.42. The number of fused-ring (bicyclic) bond motifs is 2. The van der Waals surface area contributed by atoms with Crippen LogP contribution >= 0.6 is 0 Å². The third-order valence-corrected chi connectivity index (χ3v) is 6.36. The van der Waals surface area contributed by atoms with Crippen LogP contribution in [0.25, 0.3) is 5.65 Å². The van der Waals surface area contributed by atoms with Crippen LogP contribution in [0.1, 0.15) is 22.8 Å². The number of hydrogen-bond acceptors (Lipinski definition) is 7. The van der Waals surface area contributed by atoms with E-state index in [0.717, 1.165) is 18.0 Å². The summed E-state index contributed by atoms with van der Waals surface area (Å²) in [6.07, 6.45) is 1.53. The standard InChI is InChI=1S/C23H25F3N6O3/c1-23(13-33)8-14-6-17(29-22(34)16-10-28-32-11-15(24)9-27-21(16)32)18(7-19(14)35-23)31-4-2-30(3-5-31)12-20(25)26/h6-7,9-11,20,33H,2-5,8,12-13H2,1H3,(H,29,34)/t23-/m1/s1. The maximum atomic E-state index is 13.5. The summed E-state index contributed by atoms with van der Waals surface area (Å²) in [5.74, 6) is -0.440. The van der Waals surface area contributed by atoms with Crippen LogP contribution in [0.3, 0.4) is 0 Å². The van der Waals surface area contributed by atoms with E-state index in [1.165, 1.54) is 10.7 Å². The number of amides is 1. The molecule has 1 aromatic carbocycles. The Morgan fingerprint density at radius 2 is 2.03 bits per heavy atom. The van der Waals surface area contributed by atoms with Gasteiger partial charge in [-0.05, 0) is 13.0 Å². The fraction of sp³-hybridized carbons (Fsp3) is 0.435. The maximum Gasteiger partial charge on any atom is 0.261 e. The Balaban J connectivity index is 1.45. The van der Waals surface area contributed by atoms with Crippen LogP contribution in [0.5, 0.6) is 5.75 Å². The normalized spacial score (nSPS) is 20.3. The summed E-state index contributed by atoms with van der Waals surface area (Å²) in [7, 11) is 0. The molecule has 4 heterocycles. The molecule has 1 saturated heterocycles. The zero-order chi connectivity index (χ0) is 24.7. The Morgan fingerprint density at radius 3 is 2.74 bits per heavy atom. The summed E-state index contributed by atoms with van der Waals surface area (Å²) in [5, 5.41) is 16.7. The van der Waals surface area contributed by atoms with E-state index in [1.54, 1.807) is 11.8 Å². The van der Waals surface area contributed by atoms with E-state index in [1.807, 2.05) is 17.0 Å². The van der Waals surface area contributed by atoms with Gasteiger partial charge in [0.25, 0.3) is 12.3 Å². The van der Waals surface area contributed by atoms with Crippen LogP contribution in [-0.2, 0) is 6.42 Å². The summed E-state index contributed by atoms with van der Waals surface area (Å²) in [6.45, 7) is 3.24. The summed E-state index contributed by atoms with van der Waals surface area (Å²) >= 11 is 0. The van der Waals surface area contributed by atoms with Crippen molar-refractivity contribution in [1.82, 2.24) is 19.5 Å². The van der Waals surface area contributed by atoms with Crippen LogP contribution in [-0.4, -0.2) is 81.9 Å². The number of carbonyl (C=O) groups is 1. The summed E-state index contributed by atoms with van der Waals surface area (Å²) < 4.78 is 46.2. The van der Waals surface area contributed by atoms with Crippen LogP contribution in [0.2, 0.25) is 0 Å². The van der Waals surface area contributed by atoms with E-state index in [2.05, 4.69) is 15.4 Å². The number of hydrogen-bond donors (Lipinski definition) is 2. The molecule has 9 nitrogen and oxygen atoms in total. The average molecular weight is 490 g/mol. The molecule has 12 heteroatoms. The van der Waals surface area contributed by atoms with Crippen molar-refractivity contribution in [1.29, 1.82) is 0 Å². The van der Waals surface area contributed by atoms with Gasteiger partial charge in [0.1, 0.15) is 16.9 Å². The van der Waals surface area contributed by atoms with Crippen LogP contribution < -0.4 is 15.0 Å². The predicted molar refractivity (Wildman–Crippen MR) is 122 cm³/mol. The Kier molecular flexibility index (Phi) is 6.01. The smallest absolute Gasteiger partial charge is 0.261 e. The molecule has 5 rings (SSSR count). The van der Waals surface area contributed by atoms with E-state index >= 15 is 0 Å². The SMILES string of the molecule is C[C@]1(CO)Cc2cc(NC(=O)c3cnn4cc(F)cnc34)c(N3CCN(CC(F)F)CC3)cc2O1. The number of piperazine rings is 1. The lowest BCUT2D eigenvalue weighted by molar-refractivity contribution is 0.0447. The fourth-order valence-corrected chi connectivity index (χ4v) is 4.57. The van der Waals surface area contributed by atoms with Crippen molar-refractivity contribution in [3.8, 4) is 5.75 Å². The Bertz CT molecular complexity index is 1260. The summed E-state index contributed by atoms with van der Waals surface area (Å²) in [5.41, 5.74) is 1.65. The van der Waals surface area contributed by atoms with Gasteiger partial charge in [0.2, 0.25) is 0 Å². The Hall–Kier alpha value is -3.38. The van der Waals surface area contributed by atoms with Crippen molar-refractivity contribution >= 4 is 22.9 Å². The van der Waals surface area contributed by atoms with Gasteiger partial charge in [-0.3, -0.25) is 9.69 Å².